The number of aromatic nitrogens is 2. The lowest BCUT2D eigenvalue weighted by molar-refractivity contribution is -0.114. The molecule has 31 heavy (non-hydrogen) atoms. The van der Waals surface area contributed by atoms with Crippen LogP contribution in [0.1, 0.15) is 42.4 Å². The van der Waals surface area contributed by atoms with Gasteiger partial charge in [0.1, 0.15) is 5.82 Å². The first-order valence-electron chi connectivity index (χ1n) is 10.5. The summed E-state index contributed by atoms with van der Waals surface area (Å²) in [7, 11) is 0. The molecule has 3 N–H and O–H groups in total. The van der Waals surface area contributed by atoms with Crippen LogP contribution in [0.5, 0.6) is 0 Å². The Morgan fingerprint density at radius 1 is 1.00 bits per heavy atom. The van der Waals surface area contributed by atoms with Crippen LogP contribution in [0.25, 0.3) is 0 Å². The van der Waals surface area contributed by atoms with E-state index in [-0.39, 0.29) is 11.5 Å². The van der Waals surface area contributed by atoms with E-state index in [1.54, 1.807) is 0 Å². The molecule has 1 saturated heterocycles. The molecular formula is C24H26N4O3. The second kappa shape index (κ2) is 9.04. The number of carbonyl (C=O) groups is 1. The van der Waals surface area contributed by atoms with Crippen LogP contribution < -0.4 is 21.5 Å². The van der Waals surface area contributed by atoms with Gasteiger partial charge in [-0.15, -0.1) is 0 Å². The Kier molecular flexibility index (Phi) is 6.02. The van der Waals surface area contributed by atoms with E-state index in [9.17, 15) is 14.4 Å². The average molecular weight is 418 g/mol. The summed E-state index contributed by atoms with van der Waals surface area (Å²) < 4.78 is 0. The van der Waals surface area contributed by atoms with Crippen molar-refractivity contribution in [2.75, 3.05) is 23.3 Å². The standard InChI is InChI=1S/C24H26N4O3/c1-16(29)25-20-9-7-18(8-10-20)19-11-13-28(14-12-19)22-21(23(30)27-24(31)26-22)15-17-5-3-2-4-6-17/h2-10,19H,11-15H2,1H3,(H,25,29)(H2,26,27,30,31). The molecule has 0 unspecified atom stereocenters. The first-order chi connectivity index (χ1) is 15.0. The Hall–Kier alpha value is -3.61. The molecule has 160 valence electrons. The Balaban J connectivity index is 1.50. The number of nitrogens with one attached hydrogen (secondary N) is 3. The third-order valence-electron chi connectivity index (χ3n) is 5.76. The number of hydrogen-bond acceptors (Lipinski definition) is 4. The van der Waals surface area contributed by atoms with Crippen molar-refractivity contribution in [2.45, 2.75) is 32.1 Å². The average Bonchev–Trinajstić information content (AvgIpc) is 2.76. The van der Waals surface area contributed by atoms with Crippen LogP contribution >= 0.6 is 0 Å². The van der Waals surface area contributed by atoms with Crippen LogP contribution in [0.3, 0.4) is 0 Å². The lowest BCUT2D eigenvalue weighted by Crippen LogP contribution is -2.38. The van der Waals surface area contributed by atoms with E-state index in [4.69, 9.17) is 0 Å². The number of nitrogens with zero attached hydrogens (tertiary/aromatic N) is 1. The maximum absolute atomic E-state index is 12.6. The third-order valence-corrected chi connectivity index (χ3v) is 5.76. The zero-order chi connectivity index (χ0) is 21.8. The molecular weight excluding hydrogens is 392 g/mol. The van der Waals surface area contributed by atoms with Gasteiger partial charge in [0.05, 0.1) is 5.56 Å². The van der Waals surface area contributed by atoms with Crippen LogP contribution in [0, 0.1) is 0 Å². The quantitative estimate of drug-likeness (QED) is 0.593. The van der Waals surface area contributed by atoms with E-state index in [1.165, 1.54) is 12.5 Å². The molecule has 2 heterocycles. The minimum atomic E-state index is -0.479. The summed E-state index contributed by atoms with van der Waals surface area (Å²) >= 11 is 0. The predicted molar refractivity (Wildman–Crippen MR) is 122 cm³/mol. The SMILES string of the molecule is CC(=O)Nc1ccc(C2CCN(c3[nH]c(=O)[nH]c(=O)c3Cc3ccccc3)CC2)cc1. The largest absolute Gasteiger partial charge is 0.358 e. The van der Waals surface area contributed by atoms with Gasteiger partial charge in [-0.2, -0.15) is 0 Å². The Morgan fingerprint density at radius 2 is 1.68 bits per heavy atom. The highest BCUT2D eigenvalue weighted by atomic mass is 16.2. The summed E-state index contributed by atoms with van der Waals surface area (Å²) in [6.07, 6.45) is 2.30. The molecule has 0 atom stereocenters. The van der Waals surface area contributed by atoms with Crippen LogP contribution in [-0.4, -0.2) is 29.0 Å². The van der Waals surface area contributed by atoms with Crippen molar-refractivity contribution in [3.63, 3.8) is 0 Å². The highest BCUT2D eigenvalue weighted by molar-refractivity contribution is 5.88. The molecule has 1 aliphatic heterocycles. The zero-order valence-corrected chi connectivity index (χ0v) is 17.5. The molecule has 0 radical (unpaired) electrons. The molecule has 1 amide bonds. The molecule has 1 aliphatic rings. The molecule has 0 saturated carbocycles. The summed E-state index contributed by atoms with van der Waals surface area (Å²) in [6, 6.07) is 17.7. The topological polar surface area (TPSA) is 98.1 Å². The van der Waals surface area contributed by atoms with Crippen molar-refractivity contribution in [1.29, 1.82) is 0 Å². The first kappa shape index (κ1) is 20.7. The maximum Gasteiger partial charge on any atom is 0.327 e. The number of amides is 1. The minimum absolute atomic E-state index is 0.0841. The van der Waals surface area contributed by atoms with Gasteiger partial charge >= 0.3 is 5.69 Å². The summed E-state index contributed by atoms with van der Waals surface area (Å²) in [5.74, 6) is 0.935. The van der Waals surface area contributed by atoms with Crippen molar-refractivity contribution in [2.24, 2.45) is 0 Å². The van der Waals surface area contributed by atoms with Gasteiger partial charge in [-0.3, -0.25) is 19.6 Å². The number of rotatable bonds is 5. The number of carbonyl (C=O) groups excluding carboxylic acids is 1. The maximum atomic E-state index is 12.6. The predicted octanol–water partition coefficient (Wildman–Crippen LogP) is 3.00. The summed E-state index contributed by atoms with van der Waals surface area (Å²) in [5.41, 5.74) is 2.82. The van der Waals surface area contributed by atoms with Crippen molar-refractivity contribution in [3.05, 3.63) is 92.1 Å². The van der Waals surface area contributed by atoms with Gasteiger partial charge in [0.25, 0.3) is 5.56 Å². The van der Waals surface area contributed by atoms with Crippen LogP contribution in [0.2, 0.25) is 0 Å². The molecule has 1 aromatic heterocycles. The van der Waals surface area contributed by atoms with E-state index < -0.39 is 5.69 Å². The second-order valence-corrected chi connectivity index (χ2v) is 7.96. The van der Waals surface area contributed by atoms with E-state index >= 15 is 0 Å². The van der Waals surface area contributed by atoms with Crippen molar-refractivity contribution >= 4 is 17.4 Å². The second-order valence-electron chi connectivity index (χ2n) is 7.96. The highest BCUT2D eigenvalue weighted by Crippen LogP contribution is 2.31. The normalized spacial score (nSPS) is 14.4. The van der Waals surface area contributed by atoms with Gasteiger partial charge in [-0.1, -0.05) is 42.5 Å². The lowest BCUT2D eigenvalue weighted by Gasteiger charge is -2.34. The van der Waals surface area contributed by atoms with Crippen LogP contribution in [-0.2, 0) is 11.2 Å². The van der Waals surface area contributed by atoms with E-state index in [1.807, 2.05) is 42.5 Å². The van der Waals surface area contributed by atoms with Gasteiger partial charge in [-0.05, 0) is 42.0 Å². The van der Waals surface area contributed by atoms with Gasteiger partial charge < -0.3 is 10.2 Å². The van der Waals surface area contributed by atoms with Gasteiger partial charge in [0, 0.05) is 32.1 Å². The third kappa shape index (κ3) is 4.94. The van der Waals surface area contributed by atoms with Crippen molar-refractivity contribution < 1.29 is 4.79 Å². The van der Waals surface area contributed by atoms with Gasteiger partial charge in [0.15, 0.2) is 0 Å². The lowest BCUT2D eigenvalue weighted by atomic mass is 9.89. The fourth-order valence-electron chi connectivity index (χ4n) is 4.21. The molecule has 7 heteroatoms. The molecule has 1 fully saturated rings. The first-order valence-corrected chi connectivity index (χ1v) is 10.5. The monoisotopic (exact) mass is 418 g/mol. The molecule has 0 spiro atoms. The van der Waals surface area contributed by atoms with E-state index in [2.05, 4.69) is 32.3 Å². The molecule has 2 aromatic carbocycles. The number of H-pyrrole nitrogens is 2. The fourth-order valence-corrected chi connectivity index (χ4v) is 4.21. The van der Waals surface area contributed by atoms with Gasteiger partial charge in [-0.25, -0.2) is 4.79 Å². The molecule has 0 bridgehead atoms. The Bertz CT molecular complexity index is 1160. The number of hydrogen-bond donors (Lipinski definition) is 3. The molecule has 7 nitrogen and oxygen atoms in total. The van der Waals surface area contributed by atoms with E-state index in [0.29, 0.717) is 23.7 Å². The number of piperidine rings is 1. The van der Waals surface area contributed by atoms with Crippen LogP contribution in [0.15, 0.2) is 64.2 Å². The Labute approximate surface area is 180 Å². The van der Waals surface area contributed by atoms with E-state index in [0.717, 1.165) is 37.2 Å². The zero-order valence-electron chi connectivity index (χ0n) is 17.5. The molecule has 4 rings (SSSR count). The number of anilines is 2. The molecule has 0 aliphatic carbocycles. The fraction of sp³-hybridized carbons (Fsp3) is 0.292. The number of benzene rings is 2. The molecule has 3 aromatic rings. The van der Waals surface area contributed by atoms with Gasteiger partial charge in [0.2, 0.25) is 5.91 Å². The summed E-state index contributed by atoms with van der Waals surface area (Å²) in [5, 5.41) is 2.79. The van der Waals surface area contributed by atoms with Crippen LogP contribution in [0.4, 0.5) is 11.5 Å². The summed E-state index contributed by atoms with van der Waals surface area (Å²) in [6.45, 7) is 2.99. The van der Waals surface area contributed by atoms with Crippen molar-refractivity contribution in [1.82, 2.24) is 9.97 Å². The smallest absolute Gasteiger partial charge is 0.327 e. The highest BCUT2D eigenvalue weighted by Gasteiger charge is 2.24. The minimum Gasteiger partial charge on any atom is -0.358 e. The number of aromatic amines is 2. The van der Waals surface area contributed by atoms with Crippen molar-refractivity contribution in [3.8, 4) is 0 Å². The summed E-state index contributed by atoms with van der Waals surface area (Å²) in [4.78, 5) is 43.1. The Morgan fingerprint density at radius 3 is 2.32 bits per heavy atom.